The minimum absolute atomic E-state index is 0. The Morgan fingerprint density at radius 1 is 1.38 bits per heavy atom. The summed E-state index contributed by atoms with van der Waals surface area (Å²) in [5, 5.41) is 0. The van der Waals surface area contributed by atoms with Crippen LogP contribution in [0.2, 0.25) is 0 Å². The van der Waals surface area contributed by atoms with Crippen molar-refractivity contribution in [3.8, 4) is 0 Å². The number of hydrogen-bond donors (Lipinski definition) is 1. The molecule has 1 fully saturated rings. The Morgan fingerprint density at radius 2 is 2.06 bits per heavy atom. The molecule has 0 spiro atoms. The third kappa shape index (κ3) is 4.16. The third-order valence-electron chi connectivity index (χ3n) is 2.74. The summed E-state index contributed by atoms with van der Waals surface area (Å²) in [5.41, 5.74) is 5.54. The van der Waals surface area contributed by atoms with Crippen LogP contribution < -0.4 is 5.73 Å². The van der Waals surface area contributed by atoms with Crippen molar-refractivity contribution in [3.05, 3.63) is 0 Å². The number of halogens is 2. The first-order valence-corrected chi connectivity index (χ1v) is 6.98. The van der Waals surface area contributed by atoms with Gasteiger partial charge in [-0.2, -0.15) is 4.31 Å². The van der Waals surface area contributed by atoms with Gasteiger partial charge >= 0.3 is 0 Å². The molecule has 1 rings (SSSR count). The molecule has 1 unspecified atom stereocenters. The summed E-state index contributed by atoms with van der Waals surface area (Å²) in [7, 11) is -3.29. The van der Waals surface area contributed by atoms with Crippen LogP contribution in [0.5, 0.6) is 0 Å². The molecule has 0 aliphatic carbocycles. The summed E-state index contributed by atoms with van der Waals surface area (Å²) in [6, 6.07) is -0.0802. The second kappa shape index (κ2) is 7.42. The summed E-state index contributed by atoms with van der Waals surface area (Å²) in [5.74, 6) is -0.0972. The van der Waals surface area contributed by atoms with E-state index in [9.17, 15) is 12.8 Å². The summed E-state index contributed by atoms with van der Waals surface area (Å²) in [6.07, 6.45) is 2.81. The van der Waals surface area contributed by atoms with Crippen molar-refractivity contribution < 1.29 is 12.8 Å². The average molecular weight is 275 g/mol. The molecule has 1 saturated heterocycles. The van der Waals surface area contributed by atoms with Crippen LogP contribution in [0.15, 0.2) is 0 Å². The van der Waals surface area contributed by atoms with E-state index in [0.29, 0.717) is 13.1 Å². The van der Waals surface area contributed by atoms with Crippen LogP contribution in [0, 0.1) is 0 Å². The minimum Gasteiger partial charge on any atom is -0.329 e. The van der Waals surface area contributed by atoms with Gasteiger partial charge in [0.2, 0.25) is 10.0 Å². The van der Waals surface area contributed by atoms with Gasteiger partial charge in [0.05, 0.1) is 12.4 Å². The number of nitrogens with two attached hydrogens (primary N) is 1. The number of rotatable bonds is 5. The standard InChI is InChI=1S/C9H19FN2O2S.ClH/c10-5-3-7-15(13,14)12-6-2-1-4-9(12)8-11;/h9H,1-8,11H2;1H. The lowest BCUT2D eigenvalue weighted by Crippen LogP contribution is -2.48. The summed E-state index contributed by atoms with van der Waals surface area (Å²) in [6.45, 7) is 0.311. The molecule has 4 nitrogen and oxygen atoms in total. The lowest BCUT2D eigenvalue weighted by atomic mass is 10.1. The zero-order valence-electron chi connectivity index (χ0n) is 9.27. The monoisotopic (exact) mass is 274 g/mol. The SMILES string of the molecule is Cl.NCC1CCCCN1S(=O)(=O)CCCF. The minimum atomic E-state index is -3.29. The Labute approximate surface area is 103 Å². The van der Waals surface area contributed by atoms with E-state index in [1.54, 1.807) is 0 Å². The highest BCUT2D eigenvalue weighted by atomic mass is 35.5. The lowest BCUT2D eigenvalue weighted by Gasteiger charge is -2.33. The van der Waals surface area contributed by atoms with Crippen LogP contribution >= 0.6 is 12.4 Å². The van der Waals surface area contributed by atoms with Crippen molar-refractivity contribution >= 4 is 22.4 Å². The quantitative estimate of drug-likeness (QED) is 0.811. The molecule has 0 aromatic carbocycles. The highest BCUT2D eigenvalue weighted by Crippen LogP contribution is 2.20. The topological polar surface area (TPSA) is 63.4 Å². The molecule has 0 saturated carbocycles. The van der Waals surface area contributed by atoms with E-state index in [2.05, 4.69) is 0 Å². The molecule has 1 aliphatic rings. The molecule has 98 valence electrons. The highest BCUT2D eigenvalue weighted by molar-refractivity contribution is 7.89. The van der Waals surface area contributed by atoms with Crippen LogP contribution in [0.4, 0.5) is 4.39 Å². The van der Waals surface area contributed by atoms with Crippen molar-refractivity contribution in [2.75, 3.05) is 25.5 Å². The molecule has 7 heteroatoms. The Kier molecular flexibility index (Phi) is 7.46. The maximum absolute atomic E-state index is 12.0. The van der Waals surface area contributed by atoms with Gasteiger partial charge in [-0.1, -0.05) is 6.42 Å². The van der Waals surface area contributed by atoms with Gasteiger partial charge in [-0.3, -0.25) is 4.39 Å². The predicted molar refractivity (Wildman–Crippen MR) is 65.0 cm³/mol. The molecule has 16 heavy (non-hydrogen) atoms. The first-order valence-electron chi connectivity index (χ1n) is 5.37. The zero-order valence-corrected chi connectivity index (χ0v) is 10.9. The first-order chi connectivity index (χ1) is 7.11. The van der Waals surface area contributed by atoms with E-state index in [-0.39, 0.29) is 30.6 Å². The number of piperidine rings is 1. The molecule has 0 radical (unpaired) electrons. The van der Waals surface area contributed by atoms with Crippen LogP contribution in [0.1, 0.15) is 25.7 Å². The Morgan fingerprint density at radius 3 is 2.62 bits per heavy atom. The fraction of sp³-hybridized carbons (Fsp3) is 1.00. The van der Waals surface area contributed by atoms with Gasteiger partial charge in [0.1, 0.15) is 0 Å². The summed E-state index contributed by atoms with van der Waals surface area (Å²) >= 11 is 0. The Hall–Kier alpha value is 0.0900. The first kappa shape index (κ1) is 16.1. The van der Waals surface area contributed by atoms with E-state index in [0.717, 1.165) is 19.3 Å². The molecule has 0 aromatic heterocycles. The van der Waals surface area contributed by atoms with Crippen LogP contribution in [-0.4, -0.2) is 44.3 Å². The average Bonchev–Trinajstić information content (AvgIpc) is 2.26. The van der Waals surface area contributed by atoms with Gasteiger partial charge in [-0.05, 0) is 19.3 Å². The highest BCUT2D eigenvalue weighted by Gasteiger charge is 2.30. The van der Waals surface area contributed by atoms with Crippen molar-refractivity contribution in [1.82, 2.24) is 4.31 Å². The third-order valence-corrected chi connectivity index (χ3v) is 4.74. The van der Waals surface area contributed by atoms with Crippen LogP contribution in [0.3, 0.4) is 0 Å². The molecule has 0 amide bonds. The second-order valence-corrected chi connectivity index (χ2v) is 5.90. The molecule has 1 heterocycles. The molecule has 1 aliphatic heterocycles. The fourth-order valence-electron chi connectivity index (χ4n) is 1.93. The van der Waals surface area contributed by atoms with Gasteiger partial charge in [-0.15, -0.1) is 12.4 Å². The van der Waals surface area contributed by atoms with Gasteiger partial charge in [0, 0.05) is 19.1 Å². The van der Waals surface area contributed by atoms with E-state index in [1.165, 1.54) is 4.31 Å². The van der Waals surface area contributed by atoms with Gasteiger partial charge < -0.3 is 5.73 Å². The van der Waals surface area contributed by atoms with Gasteiger partial charge in [0.15, 0.2) is 0 Å². The maximum atomic E-state index is 12.0. The van der Waals surface area contributed by atoms with Crippen molar-refractivity contribution in [2.45, 2.75) is 31.7 Å². The predicted octanol–water partition coefficient (Wildman–Crippen LogP) is 0.911. The van der Waals surface area contributed by atoms with Crippen molar-refractivity contribution in [1.29, 1.82) is 0 Å². The summed E-state index contributed by atoms with van der Waals surface area (Å²) < 4.78 is 37.1. The normalized spacial score (nSPS) is 22.8. The molecule has 0 bridgehead atoms. The van der Waals surface area contributed by atoms with E-state index >= 15 is 0 Å². The number of hydrogen-bond acceptors (Lipinski definition) is 3. The van der Waals surface area contributed by atoms with Crippen LogP contribution in [-0.2, 0) is 10.0 Å². The molecule has 1 atom stereocenters. The van der Waals surface area contributed by atoms with E-state index in [1.807, 2.05) is 0 Å². The summed E-state index contributed by atoms with van der Waals surface area (Å²) in [4.78, 5) is 0. The van der Waals surface area contributed by atoms with E-state index in [4.69, 9.17) is 5.73 Å². The van der Waals surface area contributed by atoms with Gasteiger partial charge in [0.25, 0.3) is 0 Å². The Bertz CT molecular complexity index is 287. The number of alkyl halides is 1. The molecule has 2 N–H and O–H groups in total. The molecule has 0 aromatic rings. The van der Waals surface area contributed by atoms with E-state index < -0.39 is 16.7 Å². The zero-order chi connectivity index (χ0) is 11.3. The second-order valence-electron chi connectivity index (χ2n) is 3.85. The lowest BCUT2D eigenvalue weighted by molar-refractivity contribution is 0.257. The smallest absolute Gasteiger partial charge is 0.214 e. The maximum Gasteiger partial charge on any atom is 0.214 e. The molecular weight excluding hydrogens is 255 g/mol. The van der Waals surface area contributed by atoms with Crippen LogP contribution in [0.25, 0.3) is 0 Å². The van der Waals surface area contributed by atoms with Crippen molar-refractivity contribution in [2.24, 2.45) is 5.73 Å². The molecular formula is C9H20ClFN2O2S. The van der Waals surface area contributed by atoms with Crippen molar-refractivity contribution in [3.63, 3.8) is 0 Å². The van der Waals surface area contributed by atoms with Gasteiger partial charge in [-0.25, -0.2) is 8.42 Å². The Balaban J connectivity index is 0.00000225. The largest absolute Gasteiger partial charge is 0.329 e. The number of nitrogens with zero attached hydrogens (tertiary/aromatic N) is 1. The number of sulfonamides is 1. The fourth-order valence-corrected chi connectivity index (χ4v) is 3.69.